The zero-order chi connectivity index (χ0) is 20.9. The van der Waals surface area contributed by atoms with Crippen LogP contribution in [0.5, 0.6) is 5.75 Å². The lowest BCUT2D eigenvalue weighted by Crippen LogP contribution is -2.56. The fourth-order valence-corrected chi connectivity index (χ4v) is 14.4. The largest absolute Gasteiger partial charge is 0.492 e. The van der Waals surface area contributed by atoms with E-state index in [-0.39, 0.29) is 27.0 Å². The molecule has 0 spiro atoms. The SMILES string of the molecule is C.C.CCOC(=O)C(=O)c1ccc(OC[Si](C)(O[Si](C)(C)C)O[Si](C)(C)C)cc1. The summed E-state index contributed by atoms with van der Waals surface area (Å²) in [4.78, 5) is 23.5. The van der Waals surface area contributed by atoms with Crippen LogP contribution in [0.4, 0.5) is 0 Å². The molecule has 0 aliphatic carbocycles. The van der Waals surface area contributed by atoms with Gasteiger partial charge in [-0.2, -0.15) is 0 Å². The summed E-state index contributed by atoms with van der Waals surface area (Å²) in [5, 5.41) is 0. The van der Waals surface area contributed by atoms with E-state index in [0.717, 1.165) is 0 Å². The molecule has 0 saturated carbocycles. The van der Waals surface area contributed by atoms with Gasteiger partial charge < -0.3 is 17.7 Å². The predicted molar refractivity (Wildman–Crippen MR) is 127 cm³/mol. The molecule has 0 aliphatic rings. The second kappa shape index (κ2) is 11.8. The van der Waals surface area contributed by atoms with Crippen LogP contribution in [0.25, 0.3) is 0 Å². The fourth-order valence-electron chi connectivity index (χ4n) is 2.61. The maximum Gasteiger partial charge on any atom is 0.379 e. The lowest BCUT2D eigenvalue weighted by molar-refractivity contribution is -0.137. The maximum atomic E-state index is 11.9. The molecule has 0 atom stereocenters. The summed E-state index contributed by atoms with van der Waals surface area (Å²) in [5.74, 6) is -0.905. The van der Waals surface area contributed by atoms with Gasteiger partial charge in [0.1, 0.15) is 12.0 Å². The van der Waals surface area contributed by atoms with Crippen molar-refractivity contribution in [1.82, 2.24) is 0 Å². The molecule has 0 bridgehead atoms. The van der Waals surface area contributed by atoms with Gasteiger partial charge in [-0.3, -0.25) is 4.79 Å². The van der Waals surface area contributed by atoms with Gasteiger partial charge in [0, 0.05) is 5.56 Å². The molecule has 0 N–H and O–H groups in total. The van der Waals surface area contributed by atoms with Crippen molar-refractivity contribution in [1.29, 1.82) is 0 Å². The lowest BCUT2D eigenvalue weighted by Gasteiger charge is -2.38. The second-order valence-corrected chi connectivity index (χ2v) is 21.1. The van der Waals surface area contributed by atoms with Crippen LogP contribution in [0.1, 0.15) is 32.1 Å². The Hall–Kier alpha value is -1.27. The fraction of sp³-hybridized carbons (Fsp3) is 0.600. The smallest absolute Gasteiger partial charge is 0.379 e. The minimum Gasteiger partial charge on any atom is -0.492 e. The molecule has 0 heterocycles. The molecule has 0 saturated heterocycles. The molecule has 9 heteroatoms. The molecule has 1 rings (SSSR count). The monoisotopic (exact) mass is 460 g/mol. The summed E-state index contributed by atoms with van der Waals surface area (Å²) in [5.41, 5.74) is 0.275. The third kappa shape index (κ3) is 11.5. The molecule has 6 nitrogen and oxygen atoms in total. The Labute approximate surface area is 180 Å². The number of ether oxygens (including phenoxy) is 2. The molecule has 168 valence electrons. The molecule has 0 radical (unpaired) electrons. The third-order valence-electron chi connectivity index (χ3n) is 3.12. The maximum absolute atomic E-state index is 11.9. The van der Waals surface area contributed by atoms with Crippen molar-refractivity contribution in [2.45, 2.75) is 67.6 Å². The average Bonchev–Trinajstić information content (AvgIpc) is 2.49. The van der Waals surface area contributed by atoms with Gasteiger partial charge in [-0.15, -0.1) is 0 Å². The standard InChI is InChI=1S/C18H32O6Si3.2CH4/c1-9-21-18(20)17(19)15-10-12-16(13-11-15)22-14-27(8,23-25(2,3)4)24-26(5,6)7;;/h10-13H,9,14H2,1-8H3;2*1H4. The zero-order valence-corrected chi connectivity index (χ0v) is 20.7. The molecule has 1 aromatic rings. The third-order valence-corrected chi connectivity index (χ3v) is 12.1. The van der Waals surface area contributed by atoms with Crippen LogP contribution in [-0.4, -0.2) is 49.8 Å². The lowest BCUT2D eigenvalue weighted by atomic mass is 10.1. The van der Waals surface area contributed by atoms with E-state index in [0.29, 0.717) is 12.0 Å². The number of hydrogen-bond donors (Lipinski definition) is 0. The number of ketones is 1. The molecule has 0 fully saturated rings. The van der Waals surface area contributed by atoms with Gasteiger partial charge in [0.05, 0.1) is 6.61 Å². The van der Waals surface area contributed by atoms with Crippen LogP contribution >= 0.6 is 0 Å². The Kier molecular flexibility index (Phi) is 12.2. The Balaban J connectivity index is 0. The normalized spacial score (nSPS) is 11.7. The summed E-state index contributed by atoms with van der Waals surface area (Å²) in [6.07, 6.45) is 0.368. The zero-order valence-electron chi connectivity index (χ0n) is 17.7. The number of rotatable bonds is 10. The first-order valence-corrected chi connectivity index (χ1v) is 18.4. The molecule has 0 aliphatic heterocycles. The van der Waals surface area contributed by atoms with E-state index in [1.54, 1.807) is 31.2 Å². The van der Waals surface area contributed by atoms with Crippen molar-refractivity contribution in [3.05, 3.63) is 29.8 Å². The van der Waals surface area contributed by atoms with E-state index in [2.05, 4.69) is 39.3 Å². The molecule has 1 aromatic carbocycles. The van der Waals surface area contributed by atoms with Gasteiger partial charge in [0.2, 0.25) is 0 Å². The summed E-state index contributed by atoms with van der Waals surface area (Å²) in [7, 11) is -6.09. The quantitative estimate of drug-likeness (QED) is 0.201. The highest BCUT2D eigenvalue weighted by Gasteiger charge is 2.41. The van der Waals surface area contributed by atoms with Crippen LogP contribution in [0, 0.1) is 0 Å². The van der Waals surface area contributed by atoms with Crippen LogP contribution in [-0.2, 0) is 17.8 Å². The van der Waals surface area contributed by atoms with Gasteiger partial charge >= 0.3 is 14.5 Å². The van der Waals surface area contributed by atoms with E-state index in [4.69, 9.17) is 17.7 Å². The topological polar surface area (TPSA) is 71.1 Å². The highest BCUT2D eigenvalue weighted by molar-refractivity contribution is 6.87. The van der Waals surface area contributed by atoms with Gasteiger partial charge in [0.25, 0.3) is 5.78 Å². The predicted octanol–water partition coefficient (Wildman–Crippen LogP) is 5.40. The van der Waals surface area contributed by atoms with Gasteiger partial charge in [-0.1, -0.05) is 14.9 Å². The second-order valence-electron chi connectivity index (χ2n) is 8.43. The van der Waals surface area contributed by atoms with Crippen molar-refractivity contribution in [2.75, 3.05) is 12.8 Å². The van der Waals surface area contributed by atoms with Gasteiger partial charge in [-0.25, -0.2) is 4.79 Å². The van der Waals surface area contributed by atoms with Crippen molar-refractivity contribution >= 4 is 36.9 Å². The van der Waals surface area contributed by atoms with E-state index >= 15 is 0 Å². The highest BCUT2D eigenvalue weighted by Crippen LogP contribution is 2.22. The van der Waals surface area contributed by atoms with Gasteiger partial charge in [0.15, 0.2) is 16.6 Å². The number of carbonyl (C=O) groups is 2. The van der Waals surface area contributed by atoms with Crippen molar-refractivity contribution in [2.24, 2.45) is 0 Å². The number of hydrogen-bond acceptors (Lipinski definition) is 6. The van der Waals surface area contributed by atoms with Crippen LogP contribution in [0.15, 0.2) is 24.3 Å². The van der Waals surface area contributed by atoms with E-state index in [1.807, 2.05) is 6.55 Å². The van der Waals surface area contributed by atoms with Gasteiger partial charge in [-0.05, 0) is 77.0 Å². The average molecular weight is 461 g/mol. The first kappa shape index (κ1) is 29.9. The minimum atomic E-state index is -2.51. The molecule has 0 amide bonds. The molecule has 0 aromatic heterocycles. The molecule has 0 unspecified atom stereocenters. The summed E-state index contributed by atoms with van der Waals surface area (Å²) in [6.45, 7) is 16.7. The first-order valence-electron chi connectivity index (χ1n) is 9.09. The summed E-state index contributed by atoms with van der Waals surface area (Å²) < 4.78 is 23.5. The van der Waals surface area contributed by atoms with Crippen molar-refractivity contribution in [3.8, 4) is 5.75 Å². The molecular weight excluding hydrogens is 420 g/mol. The first-order chi connectivity index (χ1) is 12.2. The van der Waals surface area contributed by atoms with Crippen LogP contribution in [0.2, 0.25) is 45.8 Å². The number of Topliss-reactive ketones (excluding diaryl/α,β-unsaturated/α-hetero) is 1. The summed E-state index contributed by atoms with van der Waals surface area (Å²) >= 11 is 0. The van der Waals surface area contributed by atoms with E-state index in [9.17, 15) is 9.59 Å². The van der Waals surface area contributed by atoms with Crippen LogP contribution in [0.3, 0.4) is 0 Å². The number of benzene rings is 1. The van der Waals surface area contributed by atoms with Crippen molar-refractivity contribution < 1.29 is 27.3 Å². The molecule has 29 heavy (non-hydrogen) atoms. The Morgan fingerprint density at radius 2 is 1.28 bits per heavy atom. The van der Waals surface area contributed by atoms with Crippen LogP contribution < -0.4 is 4.74 Å². The van der Waals surface area contributed by atoms with Crippen molar-refractivity contribution in [3.63, 3.8) is 0 Å². The number of esters is 1. The summed E-state index contributed by atoms with van der Waals surface area (Å²) in [6, 6.07) is 6.47. The highest BCUT2D eigenvalue weighted by atomic mass is 28.5. The minimum absolute atomic E-state index is 0. The number of carbonyl (C=O) groups excluding carboxylic acids is 2. The Morgan fingerprint density at radius 1 is 0.828 bits per heavy atom. The Morgan fingerprint density at radius 3 is 1.66 bits per heavy atom. The van der Waals surface area contributed by atoms with E-state index < -0.39 is 36.9 Å². The molecular formula is C20H40O6Si3. The van der Waals surface area contributed by atoms with E-state index in [1.165, 1.54) is 0 Å². The Bertz CT molecular complexity index is 632.